The average Bonchev–Trinajstić information content (AvgIpc) is 3.47. The van der Waals surface area contributed by atoms with Gasteiger partial charge in [-0.1, -0.05) is 0 Å². The van der Waals surface area contributed by atoms with Crippen molar-refractivity contribution in [1.82, 2.24) is 20.0 Å². The average molecular weight is 505 g/mol. The van der Waals surface area contributed by atoms with Gasteiger partial charge in [0.25, 0.3) is 0 Å². The quantitative estimate of drug-likeness (QED) is 0.353. The van der Waals surface area contributed by atoms with Gasteiger partial charge in [0, 0.05) is 44.4 Å². The molecule has 0 saturated carbocycles. The first-order valence-electron chi connectivity index (χ1n) is 11.4. The molecule has 0 aromatic rings. The predicted octanol–water partition coefficient (Wildman–Crippen LogP) is 2.39. The highest BCUT2D eigenvalue weighted by Gasteiger charge is 2.40. The minimum atomic E-state index is 0. The van der Waals surface area contributed by atoms with Gasteiger partial charge in [0.2, 0.25) is 0 Å². The molecule has 0 spiro atoms. The summed E-state index contributed by atoms with van der Waals surface area (Å²) in [5.41, 5.74) is 0.226. The first-order chi connectivity index (χ1) is 13.3. The number of hydrogen-bond acceptors (Lipinski definition) is 4. The Kier molecular flexibility index (Phi) is 8.68. The van der Waals surface area contributed by atoms with Crippen molar-refractivity contribution in [3.8, 4) is 0 Å². The van der Waals surface area contributed by atoms with Gasteiger partial charge in [-0.3, -0.25) is 14.8 Å². The Morgan fingerprint density at radius 1 is 1.04 bits per heavy atom. The van der Waals surface area contributed by atoms with E-state index in [9.17, 15) is 0 Å². The normalized spacial score (nSPS) is 29.2. The molecular weight excluding hydrogens is 465 g/mol. The van der Waals surface area contributed by atoms with Gasteiger partial charge in [0.15, 0.2) is 5.96 Å². The smallest absolute Gasteiger partial charge is 0.194 e. The Bertz CT molecular complexity index is 499. The molecule has 28 heavy (non-hydrogen) atoms. The number of ether oxygens (including phenoxy) is 1. The first-order valence-corrected chi connectivity index (χ1v) is 11.4. The van der Waals surface area contributed by atoms with Gasteiger partial charge >= 0.3 is 0 Å². The van der Waals surface area contributed by atoms with E-state index < -0.39 is 0 Å². The summed E-state index contributed by atoms with van der Waals surface area (Å²) in [6, 6.07) is 0.729. The van der Waals surface area contributed by atoms with Gasteiger partial charge in [0.1, 0.15) is 0 Å². The maximum Gasteiger partial charge on any atom is 0.194 e. The molecule has 4 rings (SSSR count). The number of guanidine groups is 1. The maximum atomic E-state index is 5.70. The second-order valence-electron chi connectivity index (χ2n) is 8.83. The lowest BCUT2D eigenvalue weighted by molar-refractivity contribution is -0.0139. The third-order valence-corrected chi connectivity index (χ3v) is 7.18. The van der Waals surface area contributed by atoms with Crippen molar-refractivity contribution >= 4 is 29.9 Å². The maximum absolute atomic E-state index is 5.70. The summed E-state index contributed by atoms with van der Waals surface area (Å²) in [6.45, 7) is 13.2. The summed E-state index contributed by atoms with van der Waals surface area (Å²) in [5, 5.41) is 3.59. The van der Waals surface area contributed by atoms with Gasteiger partial charge < -0.3 is 15.0 Å². The van der Waals surface area contributed by atoms with Crippen LogP contribution in [0, 0.1) is 0 Å². The van der Waals surface area contributed by atoms with Crippen LogP contribution in [0.1, 0.15) is 51.9 Å². The van der Waals surface area contributed by atoms with Gasteiger partial charge in [0.05, 0.1) is 6.54 Å². The lowest BCUT2D eigenvalue weighted by Crippen LogP contribution is -2.54. The van der Waals surface area contributed by atoms with Crippen molar-refractivity contribution in [2.24, 2.45) is 4.99 Å². The van der Waals surface area contributed by atoms with E-state index in [-0.39, 0.29) is 29.5 Å². The van der Waals surface area contributed by atoms with Crippen LogP contribution in [0.15, 0.2) is 4.99 Å². The molecule has 1 unspecified atom stereocenters. The molecule has 4 fully saturated rings. The summed E-state index contributed by atoms with van der Waals surface area (Å²) in [4.78, 5) is 13.2. The van der Waals surface area contributed by atoms with Crippen molar-refractivity contribution < 1.29 is 4.74 Å². The number of aliphatic imine (C=N–C) groups is 1. The highest BCUT2D eigenvalue weighted by Crippen LogP contribution is 2.32. The lowest BCUT2D eigenvalue weighted by atomic mass is 9.88. The molecule has 4 aliphatic rings. The number of nitrogens with one attached hydrogen (secondary N) is 1. The molecule has 0 aliphatic carbocycles. The predicted molar refractivity (Wildman–Crippen MR) is 126 cm³/mol. The zero-order chi connectivity index (χ0) is 18.5. The minimum absolute atomic E-state index is 0. The molecule has 4 saturated heterocycles. The van der Waals surface area contributed by atoms with Crippen molar-refractivity contribution in [1.29, 1.82) is 0 Å². The van der Waals surface area contributed by atoms with E-state index >= 15 is 0 Å². The first kappa shape index (κ1) is 22.6. The second kappa shape index (κ2) is 10.8. The van der Waals surface area contributed by atoms with Gasteiger partial charge in [-0.2, -0.15) is 0 Å². The van der Waals surface area contributed by atoms with E-state index in [1.54, 1.807) is 0 Å². The summed E-state index contributed by atoms with van der Waals surface area (Å²) >= 11 is 0. The number of hydrogen-bond donors (Lipinski definition) is 1. The van der Waals surface area contributed by atoms with Crippen molar-refractivity contribution in [3.63, 3.8) is 0 Å². The third-order valence-electron chi connectivity index (χ3n) is 7.18. The van der Waals surface area contributed by atoms with Crippen LogP contribution >= 0.6 is 24.0 Å². The van der Waals surface area contributed by atoms with Crippen LogP contribution < -0.4 is 5.32 Å². The summed E-state index contributed by atoms with van der Waals surface area (Å²) in [7, 11) is 0. The second-order valence-corrected chi connectivity index (χ2v) is 8.83. The van der Waals surface area contributed by atoms with Crippen molar-refractivity contribution in [3.05, 3.63) is 0 Å². The highest BCUT2D eigenvalue weighted by molar-refractivity contribution is 14.0. The van der Waals surface area contributed by atoms with E-state index in [2.05, 4.69) is 26.9 Å². The monoisotopic (exact) mass is 505 g/mol. The third kappa shape index (κ3) is 5.13. The number of rotatable bonds is 5. The summed E-state index contributed by atoms with van der Waals surface area (Å²) in [5.74, 6) is 1.14. The van der Waals surface area contributed by atoms with E-state index in [0.717, 1.165) is 64.2 Å². The van der Waals surface area contributed by atoms with E-state index in [1.165, 1.54) is 58.3 Å². The minimum Gasteiger partial charge on any atom is -0.381 e. The molecule has 1 atom stereocenters. The Balaban J connectivity index is 0.00000225. The molecule has 0 radical (unpaired) electrons. The standard InChI is InChI=1S/C21H39N5O.HI/c1-2-22-20(25-14-7-19(17-25)24-10-3-4-11-24)23-18-21(8-15-27-16-9-21)26-12-5-6-13-26;/h19H,2-18H2,1H3,(H,22,23);1H. The van der Waals surface area contributed by atoms with Gasteiger partial charge in [-0.05, 0) is 78.0 Å². The molecular formula is C21H40IN5O. The summed E-state index contributed by atoms with van der Waals surface area (Å²) < 4.78 is 5.70. The molecule has 6 nitrogen and oxygen atoms in total. The number of likely N-dealkylation sites (tertiary alicyclic amines) is 3. The van der Waals surface area contributed by atoms with Crippen LogP contribution in [0.3, 0.4) is 0 Å². The van der Waals surface area contributed by atoms with Gasteiger partial charge in [-0.25, -0.2) is 0 Å². The van der Waals surface area contributed by atoms with Crippen LogP contribution in [0.5, 0.6) is 0 Å². The zero-order valence-corrected chi connectivity index (χ0v) is 20.0. The van der Waals surface area contributed by atoms with E-state index in [1.807, 2.05) is 0 Å². The van der Waals surface area contributed by atoms with Crippen LogP contribution in [0.2, 0.25) is 0 Å². The lowest BCUT2D eigenvalue weighted by Gasteiger charge is -2.43. The van der Waals surface area contributed by atoms with Crippen LogP contribution in [0.25, 0.3) is 0 Å². The van der Waals surface area contributed by atoms with Gasteiger partial charge in [-0.15, -0.1) is 24.0 Å². The molecule has 0 bridgehead atoms. The highest BCUT2D eigenvalue weighted by atomic mass is 127. The Labute approximate surface area is 188 Å². The zero-order valence-electron chi connectivity index (χ0n) is 17.7. The van der Waals surface area contributed by atoms with Crippen LogP contribution in [0.4, 0.5) is 0 Å². The number of nitrogens with zero attached hydrogens (tertiary/aromatic N) is 4. The molecule has 162 valence electrons. The fraction of sp³-hybridized carbons (Fsp3) is 0.952. The largest absolute Gasteiger partial charge is 0.381 e. The van der Waals surface area contributed by atoms with Crippen molar-refractivity contribution in [2.75, 3.05) is 65.6 Å². The molecule has 4 aliphatic heterocycles. The molecule has 4 heterocycles. The number of halogens is 1. The SMILES string of the molecule is CCNC(=NCC1(N2CCCC2)CCOCC1)N1CCC(N2CCCC2)C1.I. The fourth-order valence-electron chi connectivity index (χ4n) is 5.50. The molecule has 0 amide bonds. The van der Waals surface area contributed by atoms with Crippen LogP contribution in [-0.2, 0) is 4.74 Å². The van der Waals surface area contributed by atoms with E-state index in [0.29, 0.717) is 0 Å². The topological polar surface area (TPSA) is 43.3 Å². The molecule has 1 N–H and O–H groups in total. The Hall–Kier alpha value is -0.120. The van der Waals surface area contributed by atoms with E-state index in [4.69, 9.17) is 9.73 Å². The van der Waals surface area contributed by atoms with Crippen molar-refractivity contribution in [2.45, 2.75) is 63.5 Å². The summed E-state index contributed by atoms with van der Waals surface area (Å²) in [6.07, 6.45) is 9.00. The van der Waals surface area contributed by atoms with Crippen LogP contribution in [-0.4, -0.2) is 97.8 Å². The Morgan fingerprint density at radius 3 is 2.39 bits per heavy atom. The fourth-order valence-corrected chi connectivity index (χ4v) is 5.50. The molecule has 0 aromatic carbocycles. The molecule has 7 heteroatoms. The Morgan fingerprint density at radius 2 is 1.71 bits per heavy atom. The molecule has 0 aromatic heterocycles.